The predicted molar refractivity (Wildman–Crippen MR) is 63.0 cm³/mol. The summed E-state index contributed by atoms with van der Waals surface area (Å²) >= 11 is 0. The van der Waals surface area contributed by atoms with E-state index in [9.17, 15) is 0 Å². The van der Waals surface area contributed by atoms with Gasteiger partial charge in [-0.25, -0.2) is 0 Å². The predicted octanol–water partition coefficient (Wildman–Crippen LogP) is 2.00. The minimum absolute atomic E-state index is 0.786. The lowest BCUT2D eigenvalue weighted by Gasteiger charge is -2.39. The molecule has 2 aliphatic carbocycles. The highest BCUT2D eigenvalue weighted by molar-refractivity contribution is 5.04. The van der Waals surface area contributed by atoms with Crippen molar-refractivity contribution in [1.29, 1.82) is 0 Å². The molecule has 2 nitrogen and oxygen atoms in total. The van der Waals surface area contributed by atoms with Crippen molar-refractivity contribution < 1.29 is 0 Å². The van der Waals surface area contributed by atoms with E-state index in [1.54, 1.807) is 0 Å². The van der Waals surface area contributed by atoms with Gasteiger partial charge in [0.2, 0.25) is 0 Å². The van der Waals surface area contributed by atoms with Gasteiger partial charge in [-0.2, -0.15) is 0 Å². The van der Waals surface area contributed by atoms with Crippen LogP contribution in [0.1, 0.15) is 44.9 Å². The Morgan fingerprint density at radius 3 is 2.47 bits per heavy atom. The zero-order chi connectivity index (χ0) is 10.1. The van der Waals surface area contributed by atoms with E-state index in [1.807, 2.05) is 0 Å². The standard InChI is InChI=1S/C13H24N2/c1-2-4-12(13(5-3-1)6-7-13)15-10-8-14-9-11-15/h12,14H,1-11H2. The fraction of sp³-hybridized carbons (Fsp3) is 1.00. The second kappa shape index (κ2) is 4.06. The van der Waals surface area contributed by atoms with E-state index in [0.29, 0.717) is 0 Å². The molecule has 3 aliphatic rings. The van der Waals surface area contributed by atoms with Crippen molar-refractivity contribution in [3.05, 3.63) is 0 Å². The first-order chi connectivity index (χ1) is 7.41. The summed E-state index contributed by atoms with van der Waals surface area (Å²) in [5, 5.41) is 3.48. The molecule has 0 aromatic rings. The van der Waals surface area contributed by atoms with Gasteiger partial charge in [0.05, 0.1) is 0 Å². The summed E-state index contributed by atoms with van der Waals surface area (Å²) in [6, 6.07) is 0.946. The van der Waals surface area contributed by atoms with Gasteiger partial charge < -0.3 is 5.32 Å². The summed E-state index contributed by atoms with van der Waals surface area (Å²) in [5.74, 6) is 0. The monoisotopic (exact) mass is 208 g/mol. The molecule has 0 radical (unpaired) electrons. The second-order valence-corrected chi connectivity index (χ2v) is 5.76. The Kier molecular flexibility index (Phi) is 2.73. The molecule has 86 valence electrons. The van der Waals surface area contributed by atoms with Crippen molar-refractivity contribution in [2.75, 3.05) is 26.2 Å². The summed E-state index contributed by atoms with van der Waals surface area (Å²) in [6.45, 7) is 5.03. The summed E-state index contributed by atoms with van der Waals surface area (Å²) in [7, 11) is 0. The van der Waals surface area contributed by atoms with Crippen LogP contribution < -0.4 is 5.32 Å². The van der Waals surface area contributed by atoms with Crippen LogP contribution >= 0.6 is 0 Å². The molecule has 1 N–H and O–H groups in total. The van der Waals surface area contributed by atoms with E-state index in [1.165, 1.54) is 71.1 Å². The van der Waals surface area contributed by atoms with Crippen molar-refractivity contribution in [2.24, 2.45) is 5.41 Å². The van der Waals surface area contributed by atoms with Crippen molar-refractivity contribution in [3.8, 4) is 0 Å². The maximum Gasteiger partial charge on any atom is 0.0153 e. The number of nitrogens with one attached hydrogen (secondary N) is 1. The molecule has 1 atom stereocenters. The highest BCUT2D eigenvalue weighted by Gasteiger charge is 2.50. The van der Waals surface area contributed by atoms with Crippen LogP contribution in [0.25, 0.3) is 0 Å². The summed E-state index contributed by atoms with van der Waals surface area (Å²) < 4.78 is 0. The van der Waals surface area contributed by atoms with Gasteiger partial charge in [-0.1, -0.05) is 19.3 Å². The molecular weight excluding hydrogens is 184 g/mol. The molecule has 15 heavy (non-hydrogen) atoms. The molecule has 2 heteroatoms. The summed E-state index contributed by atoms with van der Waals surface area (Å²) in [5.41, 5.74) is 0.786. The molecular formula is C13H24N2. The maximum atomic E-state index is 3.48. The minimum atomic E-state index is 0.786. The first-order valence-corrected chi connectivity index (χ1v) is 6.86. The molecule has 0 amide bonds. The molecule has 3 rings (SSSR count). The Morgan fingerprint density at radius 2 is 1.73 bits per heavy atom. The Morgan fingerprint density at radius 1 is 0.933 bits per heavy atom. The van der Waals surface area contributed by atoms with E-state index in [-0.39, 0.29) is 0 Å². The van der Waals surface area contributed by atoms with Gasteiger partial charge in [-0.05, 0) is 31.1 Å². The van der Waals surface area contributed by atoms with Gasteiger partial charge in [0.15, 0.2) is 0 Å². The molecule has 1 unspecified atom stereocenters. The minimum Gasteiger partial charge on any atom is -0.314 e. The van der Waals surface area contributed by atoms with Gasteiger partial charge >= 0.3 is 0 Å². The largest absolute Gasteiger partial charge is 0.314 e. The Bertz CT molecular complexity index is 217. The second-order valence-electron chi connectivity index (χ2n) is 5.76. The fourth-order valence-corrected chi connectivity index (χ4v) is 3.77. The quantitative estimate of drug-likeness (QED) is 0.709. The van der Waals surface area contributed by atoms with Crippen LogP contribution in [-0.4, -0.2) is 37.1 Å². The van der Waals surface area contributed by atoms with E-state index in [4.69, 9.17) is 0 Å². The molecule has 0 aromatic heterocycles. The van der Waals surface area contributed by atoms with Crippen molar-refractivity contribution in [2.45, 2.75) is 51.0 Å². The molecule has 3 fully saturated rings. The molecule has 1 heterocycles. The fourth-order valence-electron chi connectivity index (χ4n) is 3.77. The van der Waals surface area contributed by atoms with Crippen LogP contribution in [-0.2, 0) is 0 Å². The first-order valence-electron chi connectivity index (χ1n) is 6.86. The summed E-state index contributed by atoms with van der Waals surface area (Å²) in [4.78, 5) is 2.80. The Hall–Kier alpha value is -0.0800. The van der Waals surface area contributed by atoms with Gasteiger partial charge in [-0.15, -0.1) is 0 Å². The lowest BCUT2D eigenvalue weighted by molar-refractivity contribution is 0.105. The lowest BCUT2D eigenvalue weighted by atomic mass is 9.89. The van der Waals surface area contributed by atoms with Gasteiger partial charge in [0, 0.05) is 32.2 Å². The topological polar surface area (TPSA) is 15.3 Å². The first kappa shape index (κ1) is 10.1. The van der Waals surface area contributed by atoms with Crippen LogP contribution in [0.2, 0.25) is 0 Å². The van der Waals surface area contributed by atoms with E-state index in [0.717, 1.165) is 11.5 Å². The van der Waals surface area contributed by atoms with Crippen LogP contribution in [0, 0.1) is 5.41 Å². The summed E-state index contributed by atoms with van der Waals surface area (Å²) in [6.07, 6.45) is 10.5. The van der Waals surface area contributed by atoms with E-state index in [2.05, 4.69) is 10.2 Å². The van der Waals surface area contributed by atoms with Crippen molar-refractivity contribution in [3.63, 3.8) is 0 Å². The number of nitrogens with zero attached hydrogens (tertiary/aromatic N) is 1. The number of rotatable bonds is 1. The van der Waals surface area contributed by atoms with Gasteiger partial charge in [0.25, 0.3) is 0 Å². The van der Waals surface area contributed by atoms with Crippen molar-refractivity contribution in [1.82, 2.24) is 10.2 Å². The smallest absolute Gasteiger partial charge is 0.0153 e. The molecule has 0 bridgehead atoms. The zero-order valence-electron chi connectivity index (χ0n) is 9.80. The Balaban J connectivity index is 1.70. The number of hydrogen-bond donors (Lipinski definition) is 1. The normalized spacial score (nSPS) is 36.4. The van der Waals surface area contributed by atoms with Crippen LogP contribution in [0.15, 0.2) is 0 Å². The van der Waals surface area contributed by atoms with Crippen LogP contribution in [0.3, 0.4) is 0 Å². The molecule has 1 aliphatic heterocycles. The van der Waals surface area contributed by atoms with E-state index >= 15 is 0 Å². The average Bonchev–Trinajstić information content (AvgIpc) is 3.08. The molecule has 2 saturated carbocycles. The highest BCUT2D eigenvalue weighted by Crippen LogP contribution is 2.56. The molecule has 1 saturated heterocycles. The Labute approximate surface area is 93.4 Å². The third kappa shape index (κ3) is 1.94. The number of hydrogen-bond acceptors (Lipinski definition) is 2. The maximum absolute atomic E-state index is 3.48. The van der Waals surface area contributed by atoms with Gasteiger partial charge in [-0.3, -0.25) is 4.90 Å². The molecule has 1 spiro atoms. The zero-order valence-corrected chi connectivity index (χ0v) is 9.80. The van der Waals surface area contributed by atoms with Crippen LogP contribution in [0.4, 0.5) is 0 Å². The molecule has 0 aromatic carbocycles. The van der Waals surface area contributed by atoms with Gasteiger partial charge in [0.1, 0.15) is 0 Å². The van der Waals surface area contributed by atoms with E-state index < -0.39 is 0 Å². The average molecular weight is 208 g/mol. The third-order valence-corrected chi connectivity index (χ3v) is 4.84. The SMILES string of the molecule is C1CCC(N2CCNCC2)C2(CC1)CC2. The number of piperazine rings is 1. The van der Waals surface area contributed by atoms with Crippen molar-refractivity contribution >= 4 is 0 Å². The highest BCUT2D eigenvalue weighted by atomic mass is 15.2. The van der Waals surface area contributed by atoms with Crippen LogP contribution in [0.5, 0.6) is 0 Å². The lowest BCUT2D eigenvalue weighted by Crippen LogP contribution is -2.51. The third-order valence-electron chi connectivity index (χ3n) is 4.84.